The van der Waals surface area contributed by atoms with Gasteiger partial charge in [0.05, 0.1) is 13.2 Å². The number of amides is 1. The van der Waals surface area contributed by atoms with Crippen LogP contribution in [0.3, 0.4) is 0 Å². The summed E-state index contributed by atoms with van der Waals surface area (Å²) in [4.78, 5) is 24.8. The fourth-order valence-electron chi connectivity index (χ4n) is 3.34. The zero-order valence-corrected chi connectivity index (χ0v) is 19.1. The molecule has 0 spiro atoms. The van der Waals surface area contributed by atoms with Gasteiger partial charge in [-0.15, -0.1) is 0 Å². The minimum absolute atomic E-state index is 0.154. The Balaban J connectivity index is 2.35. The van der Waals surface area contributed by atoms with Gasteiger partial charge in [0.15, 0.2) is 5.54 Å². The lowest BCUT2D eigenvalue weighted by molar-refractivity contribution is -0.152. The van der Waals surface area contributed by atoms with Crippen molar-refractivity contribution in [2.75, 3.05) is 7.11 Å². The van der Waals surface area contributed by atoms with Crippen LogP contribution in [0.2, 0.25) is 0 Å². The molecule has 0 aliphatic heterocycles. The van der Waals surface area contributed by atoms with Crippen LogP contribution in [-0.4, -0.2) is 47.1 Å². The van der Waals surface area contributed by atoms with Gasteiger partial charge in [-0.3, -0.25) is 5.32 Å². The number of hydrogen-bond donors (Lipinski definition) is 4. The lowest BCUT2D eigenvalue weighted by Crippen LogP contribution is -2.63. The Morgan fingerprint density at radius 2 is 1.62 bits per heavy atom. The highest BCUT2D eigenvalue weighted by Crippen LogP contribution is 2.29. The Hall–Kier alpha value is -3.10. The first-order valence-corrected chi connectivity index (χ1v) is 10.3. The first-order chi connectivity index (χ1) is 15.0. The largest absolute Gasteiger partial charge is 0.497 e. The number of aliphatic hydroxyl groups excluding tert-OH is 1. The molecule has 174 valence electrons. The second kappa shape index (κ2) is 10.5. The number of rotatable bonds is 9. The van der Waals surface area contributed by atoms with E-state index in [9.17, 15) is 19.8 Å². The van der Waals surface area contributed by atoms with Gasteiger partial charge in [-0.1, -0.05) is 42.5 Å². The first-order valence-electron chi connectivity index (χ1n) is 10.3. The molecule has 0 saturated carbocycles. The number of alkyl carbamates (subject to hydrolysis) is 1. The summed E-state index contributed by atoms with van der Waals surface area (Å²) in [5, 5.41) is 27.1. The lowest BCUT2D eigenvalue weighted by Gasteiger charge is -2.38. The molecule has 0 heterocycles. The topological polar surface area (TPSA) is 117 Å². The summed E-state index contributed by atoms with van der Waals surface area (Å²) in [7, 11) is 1.56. The molecule has 0 fully saturated rings. The number of carbonyl (C=O) groups is 2. The van der Waals surface area contributed by atoms with Crippen LogP contribution in [0.25, 0.3) is 0 Å². The zero-order valence-electron chi connectivity index (χ0n) is 19.1. The minimum atomic E-state index is -1.89. The smallest absolute Gasteiger partial charge is 0.407 e. The molecule has 8 nitrogen and oxygen atoms in total. The molecule has 0 bridgehead atoms. The van der Waals surface area contributed by atoms with E-state index in [-0.39, 0.29) is 6.54 Å². The molecule has 2 rings (SSSR count). The molecular weight excluding hydrogens is 412 g/mol. The number of aliphatic carboxylic acids is 1. The zero-order chi connectivity index (χ0) is 23.9. The van der Waals surface area contributed by atoms with E-state index < -0.39 is 35.3 Å². The summed E-state index contributed by atoms with van der Waals surface area (Å²) in [5.41, 5.74) is -1.47. The Morgan fingerprint density at radius 3 is 2.12 bits per heavy atom. The normalized spacial score (nSPS) is 15.2. The second-order valence-electron chi connectivity index (χ2n) is 8.56. The number of benzene rings is 2. The van der Waals surface area contributed by atoms with E-state index in [1.165, 1.54) is 6.92 Å². The summed E-state index contributed by atoms with van der Waals surface area (Å²) >= 11 is 0. The van der Waals surface area contributed by atoms with E-state index in [2.05, 4.69) is 10.6 Å². The molecule has 8 heteroatoms. The number of aliphatic hydroxyl groups is 1. The molecular formula is C24H32N2O6. The molecule has 2 aromatic rings. The third kappa shape index (κ3) is 6.21. The molecule has 0 aliphatic rings. The maximum absolute atomic E-state index is 12.6. The average molecular weight is 445 g/mol. The number of carboxylic acid groups (broad SMARTS) is 1. The van der Waals surface area contributed by atoms with Gasteiger partial charge in [-0.25, -0.2) is 9.59 Å². The van der Waals surface area contributed by atoms with Crippen molar-refractivity contribution in [3.8, 4) is 5.75 Å². The van der Waals surface area contributed by atoms with Gasteiger partial charge in [-0.2, -0.15) is 0 Å². The maximum atomic E-state index is 12.6. The first kappa shape index (κ1) is 25.2. The van der Waals surface area contributed by atoms with Crippen molar-refractivity contribution >= 4 is 12.1 Å². The summed E-state index contributed by atoms with van der Waals surface area (Å²) in [5.74, 6) is -0.598. The van der Waals surface area contributed by atoms with E-state index in [1.54, 1.807) is 82.5 Å². The number of carbonyl (C=O) groups excluding carboxylic acids is 1. The SMILES string of the molecule is COc1ccc(CN[C@](C(=O)O)(c2ccccc2)[C@@H](O)[C@H](C)NC(=O)OC(C)(C)C)cc1. The lowest BCUT2D eigenvalue weighted by atomic mass is 9.81. The number of methoxy groups -OCH3 is 1. The second-order valence-corrected chi connectivity index (χ2v) is 8.56. The van der Waals surface area contributed by atoms with Crippen molar-refractivity contribution < 1.29 is 29.3 Å². The highest BCUT2D eigenvalue weighted by atomic mass is 16.6. The van der Waals surface area contributed by atoms with Crippen molar-refractivity contribution in [1.82, 2.24) is 10.6 Å². The maximum Gasteiger partial charge on any atom is 0.407 e. The van der Waals surface area contributed by atoms with Gasteiger partial charge in [0, 0.05) is 6.54 Å². The van der Waals surface area contributed by atoms with Crippen molar-refractivity contribution in [2.45, 2.75) is 57.5 Å². The van der Waals surface area contributed by atoms with Gasteiger partial charge in [0.1, 0.15) is 17.5 Å². The molecule has 1 amide bonds. The van der Waals surface area contributed by atoms with Crippen LogP contribution in [0.5, 0.6) is 5.75 Å². The Morgan fingerprint density at radius 1 is 1.03 bits per heavy atom. The van der Waals surface area contributed by atoms with Crippen LogP contribution < -0.4 is 15.4 Å². The van der Waals surface area contributed by atoms with E-state index in [0.29, 0.717) is 11.3 Å². The van der Waals surface area contributed by atoms with Crippen LogP contribution in [0, 0.1) is 0 Å². The highest BCUT2D eigenvalue weighted by Gasteiger charge is 2.49. The number of nitrogens with one attached hydrogen (secondary N) is 2. The molecule has 3 atom stereocenters. The Kier molecular flexibility index (Phi) is 8.24. The van der Waals surface area contributed by atoms with Gasteiger partial charge < -0.3 is 25.0 Å². The van der Waals surface area contributed by atoms with Gasteiger partial charge in [-0.05, 0) is 51.0 Å². The van der Waals surface area contributed by atoms with E-state index in [1.807, 2.05) is 0 Å². The van der Waals surface area contributed by atoms with Crippen LogP contribution in [-0.2, 0) is 21.6 Å². The quantitative estimate of drug-likeness (QED) is 0.470. The Bertz CT molecular complexity index is 895. The van der Waals surface area contributed by atoms with Gasteiger partial charge in [0.2, 0.25) is 0 Å². The summed E-state index contributed by atoms with van der Waals surface area (Å²) in [6.07, 6.45) is -2.26. The predicted molar refractivity (Wildman–Crippen MR) is 120 cm³/mol. The van der Waals surface area contributed by atoms with Crippen molar-refractivity contribution in [3.63, 3.8) is 0 Å². The van der Waals surface area contributed by atoms with Gasteiger partial charge >= 0.3 is 12.1 Å². The molecule has 0 saturated heterocycles. The van der Waals surface area contributed by atoms with Crippen LogP contribution in [0.15, 0.2) is 54.6 Å². The van der Waals surface area contributed by atoms with E-state index in [4.69, 9.17) is 9.47 Å². The molecule has 2 aromatic carbocycles. The summed E-state index contributed by atoms with van der Waals surface area (Å²) < 4.78 is 10.4. The monoisotopic (exact) mass is 444 g/mol. The number of hydrogen-bond acceptors (Lipinski definition) is 6. The van der Waals surface area contributed by atoms with E-state index >= 15 is 0 Å². The molecule has 0 aliphatic carbocycles. The third-order valence-corrected chi connectivity index (χ3v) is 4.96. The third-order valence-electron chi connectivity index (χ3n) is 4.96. The van der Waals surface area contributed by atoms with Crippen molar-refractivity contribution in [2.24, 2.45) is 0 Å². The Labute approximate surface area is 188 Å². The fourth-order valence-corrected chi connectivity index (χ4v) is 3.34. The van der Waals surface area contributed by atoms with Crippen molar-refractivity contribution in [1.29, 1.82) is 0 Å². The molecule has 0 radical (unpaired) electrons. The molecule has 0 aromatic heterocycles. The van der Waals surface area contributed by atoms with Crippen LogP contribution in [0.4, 0.5) is 4.79 Å². The fraction of sp³-hybridized carbons (Fsp3) is 0.417. The van der Waals surface area contributed by atoms with Crippen LogP contribution >= 0.6 is 0 Å². The predicted octanol–water partition coefficient (Wildman–Crippen LogP) is 3.04. The van der Waals surface area contributed by atoms with Crippen LogP contribution in [0.1, 0.15) is 38.8 Å². The number of ether oxygens (including phenoxy) is 2. The number of carboxylic acids is 1. The molecule has 4 N–H and O–H groups in total. The summed E-state index contributed by atoms with van der Waals surface area (Å²) in [6, 6.07) is 14.6. The molecule has 0 unspecified atom stereocenters. The van der Waals surface area contributed by atoms with E-state index in [0.717, 1.165) is 5.56 Å². The van der Waals surface area contributed by atoms with Crippen molar-refractivity contribution in [3.05, 3.63) is 65.7 Å². The average Bonchev–Trinajstić information content (AvgIpc) is 2.73. The standard InChI is InChI=1S/C24H32N2O6/c1-16(26-22(30)32-23(2,3)4)20(27)24(21(28)29,18-9-7-6-8-10-18)25-15-17-11-13-19(31-5)14-12-17/h6-14,16,20,25,27H,15H2,1-5H3,(H,26,30)(H,28,29)/t16-,20-,24+/m0/s1. The molecule has 32 heavy (non-hydrogen) atoms. The minimum Gasteiger partial charge on any atom is -0.497 e. The highest BCUT2D eigenvalue weighted by molar-refractivity contribution is 5.82. The summed E-state index contributed by atoms with van der Waals surface area (Å²) in [6.45, 7) is 6.84. The van der Waals surface area contributed by atoms with Gasteiger partial charge in [0.25, 0.3) is 0 Å².